The molecule has 6 heteroatoms. The number of rotatable bonds is 6. The van der Waals surface area contributed by atoms with E-state index < -0.39 is 0 Å². The van der Waals surface area contributed by atoms with Crippen LogP contribution < -0.4 is 9.47 Å². The quantitative estimate of drug-likeness (QED) is 0.165. The lowest BCUT2D eigenvalue weighted by Crippen LogP contribution is -1.95. The standard InChI is InChI=1S/C45H32N4O2/c1-27-24-32(38-22-17-30-14-20-36-28(2)25-40(48-44(36)42(30)46-38)50-33-10-6-4-7-11-33)16-19-35(27)39-23-18-31-15-21-37-29(3)26-41(49-45(37)43(31)47-39)51-34-12-8-5-9-13-34/h4-26H,1-3H3. The minimum Gasteiger partial charge on any atom is -0.439 e. The number of nitrogens with zero attached hydrogens (tertiary/aromatic N) is 4. The van der Waals surface area contributed by atoms with Crippen LogP contribution in [0.15, 0.2) is 140 Å². The van der Waals surface area contributed by atoms with Crippen LogP contribution in [-0.4, -0.2) is 19.9 Å². The van der Waals surface area contributed by atoms with Gasteiger partial charge >= 0.3 is 0 Å². The Hall–Kier alpha value is -6.66. The van der Waals surface area contributed by atoms with Crippen molar-refractivity contribution in [3.8, 4) is 45.8 Å². The van der Waals surface area contributed by atoms with Gasteiger partial charge in [-0.15, -0.1) is 0 Å². The number of aryl methyl sites for hydroxylation is 3. The Kier molecular flexibility index (Phi) is 7.36. The molecule has 51 heavy (non-hydrogen) atoms. The van der Waals surface area contributed by atoms with Gasteiger partial charge in [-0.3, -0.25) is 0 Å². The first-order valence-corrected chi connectivity index (χ1v) is 17.0. The third kappa shape index (κ3) is 5.67. The molecule has 0 aliphatic carbocycles. The van der Waals surface area contributed by atoms with Crippen molar-refractivity contribution < 1.29 is 9.47 Å². The zero-order valence-electron chi connectivity index (χ0n) is 28.4. The average Bonchev–Trinajstić information content (AvgIpc) is 3.15. The predicted molar refractivity (Wildman–Crippen MR) is 206 cm³/mol. The molecule has 0 radical (unpaired) electrons. The Bertz CT molecular complexity index is 2780. The number of para-hydroxylation sites is 2. The van der Waals surface area contributed by atoms with Gasteiger partial charge in [0.05, 0.1) is 22.4 Å². The molecule has 0 amide bonds. The van der Waals surface area contributed by atoms with Gasteiger partial charge in [0.15, 0.2) is 0 Å². The average molecular weight is 661 g/mol. The summed E-state index contributed by atoms with van der Waals surface area (Å²) in [4.78, 5) is 20.2. The number of fused-ring (bicyclic) bond motifs is 6. The Morgan fingerprint density at radius 2 is 0.882 bits per heavy atom. The number of aromatic nitrogens is 4. The second-order valence-electron chi connectivity index (χ2n) is 12.9. The number of hydrogen-bond donors (Lipinski definition) is 0. The SMILES string of the molecule is Cc1cc(-c2ccc3ccc4c(C)cc(Oc5ccccc5)nc4c3n2)ccc1-c1ccc2ccc3c(C)cc(Oc4ccccc4)nc3c2n1. The lowest BCUT2D eigenvalue weighted by atomic mass is 9.99. The molecule has 0 aliphatic rings. The van der Waals surface area contributed by atoms with Gasteiger partial charge in [-0.2, -0.15) is 0 Å². The van der Waals surface area contributed by atoms with Crippen LogP contribution in [0.25, 0.3) is 66.1 Å². The van der Waals surface area contributed by atoms with E-state index in [-0.39, 0.29) is 0 Å². The van der Waals surface area contributed by atoms with Gasteiger partial charge in [0.2, 0.25) is 11.8 Å². The third-order valence-corrected chi connectivity index (χ3v) is 9.37. The maximum atomic E-state index is 6.14. The topological polar surface area (TPSA) is 70.0 Å². The molecule has 0 saturated heterocycles. The molecule has 0 unspecified atom stereocenters. The minimum atomic E-state index is 0.548. The Morgan fingerprint density at radius 3 is 1.41 bits per heavy atom. The Balaban J connectivity index is 1.09. The van der Waals surface area contributed by atoms with Crippen molar-refractivity contribution in [3.63, 3.8) is 0 Å². The molecule has 0 N–H and O–H groups in total. The molecule has 4 heterocycles. The van der Waals surface area contributed by atoms with Crippen LogP contribution in [0, 0.1) is 20.8 Å². The second kappa shape index (κ2) is 12.3. The summed E-state index contributed by atoms with van der Waals surface area (Å²) in [6.07, 6.45) is 0. The molecule has 0 aliphatic heterocycles. The molecule has 0 atom stereocenters. The van der Waals surface area contributed by atoms with E-state index in [9.17, 15) is 0 Å². The number of benzene rings is 5. The zero-order valence-corrected chi connectivity index (χ0v) is 28.4. The Labute approximate surface area is 295 Å². The number of ether oxygens (including phenoxy) is 2. The summed E-state index contributed by atoms with van der Waals surface area (Å²) in [5.74, 6) is 2.59. The van der Waals surface area contributed by atoms with Crippen molar-refractivity contribution in [1.82, 2.24) is 19.9 Å². The fourth-order valence-corrected chi connectivity index (χ4v) is 6.77. The second-order valence-corrected chi connectivity index (χ2v) is 12.9. The lowest BCUT2D eigenvalue weighted by Gasteiger charge is -2.13. The summed E-state index contributed by atoms with van der Waals surface area (Å²) in [5, 5.41) is 4.16. The molecule has 0 saturated carbocycles. The van der Waals surface area contributed by atoms with Gasteiger partial charge in [-0.25, -0.2) is 19.9 Å². The molecule has 6 nitrogen and oxygen atoms in total. The molecule has 9 rings (SSSR count). The van der Waals surface area contributed by atoms with Crippen LogP contribution in [0.2, 0.25) is 0 Å². The first-order valence-electron chi connectivity index (χ1n) is 17.0. The predicted octanol–water partition coefficient (Wildman–Crippen LogP) is 11.7. The highest BCUT2D eigenvalue weighted by atomic mass is 16.5. The van der Waals surface area contributed by atoms with Crippen molar-refractivity contribution in [1.29, 1.82) is 0 Å². The summed E-state index contributed by atoms with van der Waals surface area (Å²) in [6.45, 7) is 6.28. The van der Waals surface area contributed by atoms with Crippen molar-refractivity contribution in [2.75, 3.05) is 0 Å². The molecule has 9 aromatic rings. The van der Waals surface area contributed by atoms with Crippen molar-refractivity contribution >= 4 is 43.6 Å². The van der Waals surface area contributed by atoms with Crippen molar-refractivity contribution in [2.45, 2.75) is 20.8 Å². The molecule has 0 spiro atoms. The van der Waals surface area contributed by atoms with Gasteiger partial charge in [0, 0.05) is 44.8 Å². The largest absolute Gasteiger partial charge is 0.439 e. The maximum Gasteiger partial charge on any atom is 0.220 e. The van der Waals surface area contributed by atoms with Crippen LogP contribution in [0.4, 0.5) is 0 Å². The highest BCUT2D eigenvalue weighted by molar-refractivity contribution is 6.06. The fraction of sp³-hybridized carbons (Fsp3) is 0.0667. The van der Waals surface area contributed by atoms with Crippen LogP contribution in [-0.2, 0) is 0 Å². The smallest absolute Gasteiger partial charge is 0.220 e. The first kappa shape index (κ1) is 30.4. The van der Waals surface area contributed by atoms with Gasteiger partial charge in [-0.05, 0) is 79.9 Å². The molecular weight excluding hydrogens is 629 g/mol. The molecule has 0 fully saturated rings. The molecule has 4 aromatic heterocycles. The van der Waals surface area contributed by atoms with Crippen LogP contribution in [0.5, 0.6) is 23.3 Å². The monoisotopic (exact) mass is 660 g/mol. The lowest BCUT2D eigenvalue weighted by molar-refractivity contribution is 0.464. The van der Waals surface area contributed by atoms with E-state index >= 15 is 0 Å². The van der Waals surface area contributed by atoms with Crippen LogP contribution >= 0.6 is 0 Å². The van der Waals surface area contributed by atoms with Crippen LogP contribution in [0.3, 0.4) is 0 Å². The maximum absolute atomic E-state index is 6.14. The summed E-state index contributed by atoms with van der Waals surface area (Å²) in [5.41, 5.74) is 10.4. The van der Waals surface area contributed by atoms with E-state index in [0.29, 0.717) is 11.8 Å². The molecular formula is C45H32N4O2. The number of pyridine rings is 4. The van der Waals surface area contributed by atoms with Crippen molar-refractivity contribution in [3.05, 3.63) is 156 Å². The van der Waals surface area contributed by atoms with Gasteiger partial charge in [0.1, 0.15) is 22.5 Å². The first-order chi connectivity index (χ1) is 25.0. The van der Waals surface area contributed by atoms with E-state index in [2.05, 4.69) is 87.5 Å². The zero-order chi connectivity index (χ0) is 34.5. The summed E-state index contributed by atoms with van der Waals surface area (Å²) in [7, 11) is 0. The van der Waals surface area contributed by atoms with E-state index in [4.69, 9.17) is 29.4 Å². The van der Waals surface area contributed by atoms with Gasteiger partial charge in [-0.1, -0.05) is 84.9 Å². The van der Waals surface area contributed by atoms with E-state index in [1.165, 1.54) is 0 Å². The molecule has 0 bridgehead atoms. The molecule has 5 aromatic carbocycles. The highest BCUT2D eigenvalue weighted by Gasteiger charge is 2.15. The normalized spacial score (nSPS) is 11.4. The summed E-state index contributed by atoms with van der Waals surface area (Å²) in [6, 6.07) is 46.7. The fourth-order valence-electron chi connectivity index (χ4n) is 6.77. The van der Waals surface area contributed by atoms with Crippen LogP contribution in [0.1, 0.15) is 16.7 Å². The molecule has 244 valence electrons. The Morgan fingerprint density at radius 1 is 0.392 bits per heavy atom. The van der Waals surface area contributed by atoms with E-state index in [0.717, 1.165) is 94.3 Å². The summed E-state index contributed by atoms with van der Waals surface area (Å²) < 4.78 is 12.3. The number of hydrogen-bond acceptors (Lipinski definition) is 6. The minimum absolute atomic E-state index is 0.548. The van der Waals surface area contributed by atoms with Gasteiger partial charge < -0.3 is 9.47 Å². The summed E-state index contributed by atoms with van der Waals surface area (Å²) >= 11 is 0. The highest BCUT2D eigenvalue weighted by Crippen LogP contribution is 2.35. The van der Waals surface area contributed by atoms with E-state index in [1.807, 2.05) is 72.8 Å². The third-order valence-electron chi connectivity index (χ3n) is 9.37. The van der Waals surface area contributed by atoms with Crippen molar-refractivity contribution in [2.24, 2.45) is 0 Å². The van der Waals surface area contributed by atoms with Gasteiger partial charge in [0.25, 0.3) is 0 Å². The van der Waals surface area contributed by atoms with E-state index in [1.54, 1.807) is 0 Å².